The summed E-state index contributed by atoms with van der Waals surface area (Å²) in [5, 5.41) is 0.640. The standard InChI is InChI=1S/C17H18FN3OS/c18-12-2-1-7-21(11-12)13-3-4-15-14(10-13)17(5-8-22-15)6-9-23-16(19)20-17/h1-4,7,10H,5-6,8-9,11H2,(H2,19,20). The van der Waals surface area contributed by atoms with Gasteiger partial charge in [-0.05, 0) is 36.8 Å². The molecule has 6 heteroatoms. The minimum absolute atomic E-state index is 0.146. The molecule has 0 aliphatic carbocycles. The van der Waals surface area contributed by atoms with Gasteiger partial charge in [0.05, 0.1) is 18.7 Å². The SMILES string of the molecule is NC1=NC2(CCOc3ccc(N4C=CC=C(F)C4)cc32)CCS1. The zero-order valence-corrected chi connectivity index (χ0v) is 13.5. The molecule has 4 nitrogen and oxygen atoms in total. The topological polar surface area (TPSA) is 50.9 Å². The van der Waals surface area contributed by atoms with E-state index >= 15 is 0 Å². The summed E-state index contributed by atoms with van der Waals surface area (Å²) in [6, 6.07) is 6.00. The Bertz CT molecular complexity index is 731. The second-order valence-electron chi connectivity index (χ2n) is 5.94. The van der Waals surface area contributed by atoms with E-state index in [2.05, 4.69) is 6.07 Å². The van der Waals surface area contributed by atoms with E-state index in [9.17, 15) is 4.39 Å². The zero-order chi connectivity index (χ0) is 15.9. The number of hydrogen-bond acceptors (Lipinski definition) is 5. The van der Waals surface area contributed by atoms with Gasteiger partial charge < -0.3 is 15.4 Å². The number of nitrogens with zero attached hydrogens (tertiary/aromatic N) is 2. The fourth-order valence-electron chi connectivity index (χ4n) is 3.35. The second-order valence-corrected chi connectivity index (χ2v) is 7.06. The van der Waals surface area contributed by atoms with E-state index in [-0.39, 0.29) is 17.9 Å². The molecule has 1 spiro atoms. The molecule has 0 radical (unpaired) electrons. The van der Waals surface area contributed by atoms with Crippen LogP contribution in [-0.2, 0) is 5.54 Å². The minimum Gasteiger partial charge on any atom is -0.493 e. The van der Waals surface area contributed by atoms with Gasteiger partial charge in [-0.3, -0.25) is 4.99 Å². The number of fused-ring (bicyclic) bond motifs is 2. The zero-order valence-electron chi connectivity index (χ0n) is 12.7. The fourth-order valence-corrected chi connectivity index (χ4v) is 4.24. The Morgan fingerprint density at radius 1 is 1.35 bits per heavy atom. The molecule has 0 fully saturated rings. The van der Waals surface area contributed by atoms with Crippen molar-refractivity contribution in [3.05, 3.63) is 47.9 Å². The lowest BCUT2D eigenvalue weighted by Gasteiger charge is -2.38. The number of allylic oxidation sites excluding steroid dienone is 2. The number of amidine groups is 1. The lowest BCUT2D eigenvalue weighted by molar-refractivity contribution is 0.214. The third-order valence-electron chi connectivity index (χ3n) is 4.52. The van der Waals surface area contributed by atoms with Crippen LogP contribution in [0.25, 0.3) is 0 Å². The molecule has 3 heterocycles. The number of nitrogens with two attached hydrogens (primary N) is 1. The number of hydrogen-bond donors (Lipinski definition) is 1. The van der Waals surface area contributed by atoms with E-state index in [1.165, 1.54) is 6.08 Å². The van der Waals surface area contributed by atoms with E-state index in [1.807, 2.05) is 23.2 Å². The summed E-state index contributed by atoms with van der Waals surface area (Å²) in [4.78, 5) is 6.66. The van der Waals surface area contributed by atoms with Gasteiger partial charge in [0, 0.05) is 29.6 Å². The predicted molar refractivity (Wildman–Crippen MR) is 92.6 cm³/mol. The van der Waals surface area contributed by atoms with E-state index in [4.69, 9.17) is 15.5 Å². The van der Waals surface area contributed by atoms with E-state index in [1.54, 1.807) is 17.8 Å². The van der Waals surface area contributed by atoms with E-state index in [0.29, 0.717) is 11.8 Å². The summed E-state index contributed by atoms with van der Waals surface area (Å²) in [5.74, 6) is 1.67. The number of anilines is 1. The normalized spacial score (nSPS) is 26.4. The van der Waals surface area contributed by atoms with Gasteiger partial charge in [0.2, 0.25) is 0 Å². The van der Waals surface area contributed by atoms with Crippen LogP contribution in [0.15, 0.2) is 47.4 Å². The van der Waals surface area contributed by atoms with Crippen molar-refractivity contribution < 1.29 is 9.13 Å². The third-order valence-corrected chi connectivity index (χ3v) is 5.32. The maximum Gasteiger partial charge on any atom is 0.154 e. The quantitative estimate of drug-likeness (QED) is 0.858. The molecule has 0 amide bonds. The van der Waals surface area contributed by atoms with Crippen LogP contribution in [0.5, 0.6) is 5.75 Å². The van der Waals surface area contributed by atoms with Gasteiger partial charge in [-0.2, -0.15) is 0 Å². The molecule has 1 unspecified atom stereocenters. The summed E-state index contributed by atoms with van der Waals surface area (Å²) < 4.78 is 19.4. The Balaban J connectivity index is 1.76. The van der Waals surface area contributed by atoms with Crippen molar-refractivity contribution in [1.29, 1.82) is 0 Å². The largest absolute Gasteiger partial charge is 0.493 e. The lowest BCUT2D eigenvalue weighted by atomic mass is 9.82. The smallest absolute Gasteiger partial charge is 0.154 e. The van der Waals surface area contributed by atoms with Crippen molar-refractivity contribution in [3.8, 4) is 5.75 Å². The van der Waals surface area contributed by atoms with Crippen molar-refractivity contribution in [2.45, 2.75) is 18.4 Å². The van der Waals surface area contributed by atoms with Crippen LogP contribution in [0.2, 0.25) is 0 Å². The van der Waals surface area contributed by atoms with E-state index in [0.717, 1.165) is 35.6 Å². The summed E-state index contributed by atoms with van der Waals surface area (Å²) in [7, 11) is 0. The first-order chi connectivity index (χ1) is 11.2. The Morgan fingerprint density at radius 2 is 2.26 bits per heavy atom. The van der Waals surface area contributed by atoms with Gasteiger partial charge in [0.15, 0.2) is 5.17 Å². The van der Waals surface area contributed by atoms with Gasteiger partial charge in [0.1, 0.15) is 11.6 Å². The molecule has 3 aliphatic heterocycles. The number of rotatable bonds is 1. The van der Waals surface area contributed by atoms with Gasteiger partial charge in [0.25, 0.3) is 0 Å². The maximum atomic E-state index is 13.6. The van der Waals surface area contributed by atoms with Gasteiger partial charge in [-0.1, -0.05) is 11.8 Å². The molecular formula is C17H18FN3OS. The molecule has 3 aliphatic rings. The Kier molecular flexibility index (Phi) is 3.56. The molecule has 0 saturated carbocycles. The van der Waals surface area contributed by atoms with E-state index < -0.39 is 0 Å². The van der Waals surface area contributed by atoms with Crippen molar-refractivity contribution >= 4 is 22.6 Å². The number of ether oxygens (including phenoxy) is 1. The summed E-state index contributed by atoms with van der Waals surface area (Å²) in [6.07, 6.45) is 6.87. The highest BCUT2D eigenvalue weighted by Crippen LogP contribution is 2.46. The first-order valence-electron chi connectivity index (χ1n) is 7.71. The predicted octanol–water partition coefficient (Wildman–Crippen LogP) is 3.30. The monoisotopic (exact) mass is 331 g/mol. The molecule has 0 aromatic heterocycles. The minimum atomic E-state index is -0.299. The van der Waals surface area contributed by atoms with Crippen molar-refractivity contribution in [2.24, 2.45) is 10.7 Å². The van der Waals surface area contributed by atoms with Crippen LogP contribution in [0.1, 0.15) is 18.4 Å². The molecule has 23 heavy (non-hydrogen) atoms. The summed E-state index contributed by atoms with van der Waals surface area (Å²) >= 11 is 1.60. The Morgan fingerprint density at radius 3 is 3.09 bits per heavy atom. The second kappa shape index (κ2) is 5.60. The van der Waals surface area contributed by atoms with Crippen LogP contribution in [-0.4, -0.2) is 24.1 Å². The molecule has 4 rings (SSSR count). The highest BCUT2D eigenvalue weighted by Gasteiger charge is 2.40. The maximum absolute atomic E-state index is 13.6. The number of thioether (sulfide) groups is 1. The average Bonchev–Trinajstić information content (AvgIpc) is 2.55. The van der Waals surface area contributed by atoms with Crippen molar-refractivity contribution in [2.75, 3.05) is 23.8 Å². The van der Waals surface area contributed by atoms with Crippen molar-refractivity contribution in [1.82, 2.24) is 0 Å². The molecule has 2 N–H and O–H groups in total. The number of benzene rings is 1. The third kappa shape index (κ3) is 2.61. The van der Waals surface area contributed by atoms with Gasteiger partial charge >= 0.3 is 0 Å². The number of halogens is 1. The van der Waals surface area contributed by atoms with Crippen LogP contribution < -0.4 is 15.4 Å². The summed E-state index contributed by atoms with van der Waals surface area (Å²) in [6.45, 7) is 0.902. The van der Waals surface area contributed by atoms with Crippen LogP contribution >= 0.6 is 11.8 Å². The Labute approximate surface area is 138 Å². The molecule has 120 valence electrons. The molecule has 1 aromatic rings. The Hall–Kier alpha value is -1.95. The summed E-state index contributed by atoms with van der Waals surface area (Å²) in [5.41, 5.74) is 7.70. The molecular weight excluding hydrogens is 313 g/mol. The number of aliphatic imine (C=N–C) groups is 1. The average molecular weight is 331 g/mol. The highest BCUT2D eigenvalue weighted by atomic mass is 32.2. The fraction of sp³-hybridized carbons (Fsp3) is 0.353. The molecule has 0 saturated heterocycles. The first-order valence-corrected chi connectivity index (χ1v) is 8.70. The van der Waals surface area contributed by atoms with Gasteiger partial charge in [-0.15, -0.1) is 0 Å². The highest BCUT2D eigenvalue weighted by molar-refractivity contribution is 8.13. The van der Waals surface area contributed by atoms with Crippen LogP contribution in [0.4, 0.5) is 10.1 Å². The molecule has 0 bridgehead atoms. The van der Waals surface area contributed by atoms with Crippen LogP contribution in [0.3, 0.4) is 0 Å². The van der Waals surface area contributed by atoms with Gasteiger partial charge in [-0.25, -0.2) is 4.39 Å². The van der Waals surface area contributed by atoms with Crippen LogP contribution in [0, 0.1) is 0 Å². The molecule has 1 aromatic carbocycles. The lowest BCUT2D eigenvalue weighted by Crippen LogP contribution is -2.36. The van der Waals surface area contributed by atoms with Crippen molar-refractivity contribution in [3.63, 3.8) is 0 Å². The first kappa shape index (κ1) is 14.6. The molecule has 1 atom stereocenters.